The molecular formula is C17H20BrFN2O4. The Morgan fingerprint density at radius 2 is 2.08 bits per heavy atom. The topological polar surface area (TPSA) is 59.1 Å². The first kappa shape index (κ1) is 18.0. The average molecular weight is 415 g/mol. The molecule has 1 atom stereocenters. The van der Waals surface area contributed by atoms with E-state index in [9.17, 15) is 14.0 Å². The highest BCUT2D eigenvalue weighted by Crippen LogP contribution is 2.31. The minimum Gasteiger partial charge on any atom is -0.490 e. The Kier molecular flexibility index (Phi) is 4.66. The van der Waals surface area contributed by atoms with Gasteiger partial charge in [-0.3, -0.25) is 4.79 Å². The summed E-state index contributed by atoms with van der Waals surface area (Å²) < 4.78 is 25.2. The zero-order chi connectivity index (χ0) is 18.4. The van der Waals surface area contributed by atoms with Crippen molar-refractivity contribution >= 4 is 27.9 Å². The summed E-state index contributed by atoms with van der Waals surface area (Å²) in [5, 5.41) is 0. The van der Waals surface area contributed by atoms with Gasteiger partial charge in [-0.25, -0.2) is 9.18 Å². The predicted octanol–water partition coefficient (Wildman–Crippen LogP) is 3.04. The van der Waals surface area contributed by atoms with E-state index >= 15 is 0 Å². The van der Waals surface area contributed by atoms with E-state index in [1.165, 1.54) is 12.1 Å². The van der Waals surface area contributed by atoms with E-state index in [1.807, 2.05) is 20.8 Å². The van der Waals surface area contributed by atoms with Gasteiger partial charge in [0.15, 0.2) is 0 Å². The van der Waals surface area contributed by atoms with Crippen LogP contribution in [0.15, 0.2) is 16.6 Å². The van der Waals surface area contributed by atoms with Crippen molar-refractivity contribution in [3.05, 3.63) is 28.0 Å². The summed E-state index contributed by atoms with van der Waals surface area (Å²) in [4.78, 5) is 28.3. The summed E-state index contributed by atoms with van der Waals surface area (Å²) in [5.41, 5.74) is -0.377. The number of halogens is 2. The summed E-state index contributed by atoms with van der Waals surface area (Å²) in [7, 11) is 0. The second-order valence-corrected chi connectivity index (χ2v) is 8.01. The Labute approximate surface area is 154 Å². The van der Waals surface area contributed by atoms with Crippen LogP contribution in [0, 0.1) is 5.82 Å². The summed E-state index contributed by atoms with van der Waals surface area (Å²) >= 11 is 3.10. The van der Waals surface area contributed by atoms with Gasteiger partial charge in [0.25, 0.3) is 5.91 Å². The molecule has 3 rings (SSSR count). The Balaban J connectivity index is 1.78. The van der Waals surface area contributed by atoms with E-state index < -0.39 is 17.5 Å². The monoisotopic (exact) mass is 414 g/mol. The summed E-state index contributed by atoms with van der Waals surface area (Å²) in [6.07, 6.45) is -0.407. The number of piperazine rings is 1. The number of amides is 2. The maximum atomic E-state index is 13.8. The quantitative estimate of drug-likeness (QED) is 0.654. The zero-order valence-corrected chi connectivity index (χ0v) is 15.9. The normalized spacial score (nSPS) is 20.4. The molecule has 25 heavy (non-hydrogen) atoms. The molecule has 8 heteroatoms. The Bertz CT molecular complexity index is 719. The molecule has 0 N–H and O–H groups in total. The van der Waals surface area contributed by atoms with Crippen LogP contribution in [-0.2, 0) is 4.74 Å². The number of ether oxygens (including phenoxy) is 2. The highest BCUT2D eigenvalue weighted by molar-refractivity contribution is 9.10. The lowest BCUT2D eigenvalue weighted by Crippen LogP contribution is -2.58. The number of carbonyl (C=O) groups is 2. The van der Waals surface area contributed by atoms with Crippen molar-refractivity contribution in [3.8, 4) is 5.75 Å². The molecule has 1 fully saturated rings. The predicted molar refractivity (Wildman–Crippen MR) is 92.2 cm³/mol. The number of fused-ring (bicyclic) bond motifs is 2. The molecule has 2 aliphatic heterocycles. The molecule has 1 aromatic rings. The fourth-order valence-corrected chi connectivity index (χ4v) is 3.24. The minimum atomic E-state index is -0.579. The fraction of sp³-hybridized carbons (Fsp3) is 0.529. The molecule has 0 saturated carbocycles. The van der Waals surface area contributed by atoms with Gasteiger partial charge < -0.3 is 19.3 Å². The fourth-order valence-electron chi connectivity index (χ4n) is 2.91. The molecule has 136 valence electrons. The first-order valence-electron chi connectivity index (χ1n) is 8.06. The van der Waals surface area contributed by atoms with Crippen molar-refractivity contribution in [2.24, 2.45) is 0 Å². The lowest BCUT2D eigenvalue weighted by molar-refractivity contribution is 0.000951. The SMILES string of the molecule is CC(C)(C)OC(=O)N1CCN2C(=O)c3cc(F)c(Br)cc3OC[C@H]2C1. The first-order chi connectivity index (χ1) is 11.7. The third kappa shape index (κ3) is 3.73. The van der Waals surface area contributed by atoms with Crippen LogP contribution < -0.4 is 4.74 Å². The van der Waals surface area contributed by atoms with Crippen LogP contribution in [0.3, 0.4) is 0 Å². The molecule has 0 aliphatic carbocycles. The number of hydrogen-bond acceptors (Lipinski definition) is 4. The van der Waals surface area contributed by atoms with Gasteiger partial charge >= 0.3 is 6.09 Å². The van der Waals surface area contributed by atoms with Gasteiger partial charge in [0.05, 0.1) is 16.1 Å². The molecule has 2 amide bonds. The second kappa shape index (κ2) is 6.48. The van der Waals surface area contributed by atoms with Gasteiger partial charge in [-0.15, -0.1) is 0 Å². The van der Waals surface area contributed by atoms with Crippen molar-refractivity contribution in [3.63, 3.8) is 0 Å². The lowest BCUT2D eigenvalue weighted by Gasteiger charge is -2.40. The zero-order valence-electron chi connectivity index (χ0n) is 14.3. The molecule has 0 unspecified atom stereocenters. The van der Waals surface area contributed by atoms with Crippen LogP contribution in [0.1, 0.15) is 31.1 Å². The van der Waals surface area contributed by atoms with Crippen LogP contribution in [0.5, 0.6) is 5.75 Å². The van der Waals surface area contributed by atoms with E-state index in [2.05, 4.69) is 15.9 Å². The second-order valence-electron chi connectivity index (χ2n) is 7.15. The maximum Gasteiger partial charge on any atom is 0.410 e. The van der Waals surface area contributed by atoms with Crippen LogP contribution in [0.4, 0.5) is 9.18 Å². The molecule has 0 radical (unpaired) electrons. The molecule has 1 aromatic carbocycles. The maximum absolute atomic E-state index is 13.8. The third-order valence-electron chi connectivity index (χ3n) is 4.08. The Morgan fingerprint density at radius 3 is 2.76 bits per heavy atom. The molecule has 6 nitrogen and oxygen atoms in total. The average Bonchev–Trinajstić information content (AvgIpc) is 2.64. The number of nitrogens with zero attached hydrogens (tertiary/aromatic N) is 2. The molecule has 0 aromatic heterocycles. The van der Waals surface area contributed by atoms with E-state index in [0.717, 1.165) is 0 Å². The Hall–Kier alpha value is -1.83. The van der Waals surface area contributed by atoms with E-state index in [-0.39, 0.29) is 28.6 Å². The van der Waals surface area contributed by atoms with Gasteiger partial charge in [0.1, 0.15) is 23.8 Å². The van der Waals surface area contributed by atoms with Crippen molar-refractivity contribution < 1.29 is 23.5 Å². The standard InChI is InChI=1S/C17H20BrFN2O4/c1-17(2,3)25-16(23)20-4-5-21-10(8-20)9-24-14-7-12(18)13(19)6-11(14)15(21)22/h6-7,10H,4-5,8-9H2,1-3H3/t10-/m1/s1. The largest absolute Gasteiger partial charge is 0.490 e. The van der Waals surface area contributed by atoms with Gasteiger partial charge in [-0.2, -0.15) is 0 Å². The first-order valence-corrected chi connectivity index (χ1v) is 8.86. The van der Waals surface area contributed by atoms with Crippen LogP contribution in [-0.4, -0.2) is 59.7 Å². The molecule has 1 saturated heterocycles. The van der Waals surface area contributed by atoms with Crippen molar-refractivity contribution in [2.45, 2.75) is 32.4 Å². The molecule has 0 spiro atoms. The highest BCUT2D eigenvalue weighted by atomic mass is 79.9. The number of hydrogen-bond donors (Lipinski definition) is 0. The molecule has 2 aliphatic rings. The lowest BCUT2D eigenvalue weighted by atomic mass is 10.1. The van der Waals surface area contributed by atoms with Crippen molar-refractivity contribution in [2.75, 3.05) is 26.2 Å². The highest BCUT2D eigenvalue weighted by Gasteiger charge is 2.38. The van der Waals surface area contributed by atoms with Gasteiger partial charge in [-0.1, -0.05) is 0 Å². The molecular weight excluding hydrogens is 395 g/mol. The molecule has 0 bridgehead atoms. The van der Waals surface area contributed by atoms with Crippen molar-refractivity contribution in [1.82, 2.24) is 9.80 Å². The number of carbonyl (C=O) groups excluding carboxylic acids is 2. The Morgan fingerprint density at radius 1 is 1.36 bits per heavy atom. The molecule has 2 heterocycles. The van der Waals surface area contributed by atoms with Gasteiger partial charge in [-0.05, 0) is 48.8 Å². The van der Waals surface area contributed by atoms with Crippen LogP contribution >= 0.6 is 15.9 Å². The summed E-state index contributed by atoms with van der Waals surface area (Å²) in [6, 6.07) is 2.35. The number of benzene rings is 1. The summed E-state index contributed by atoms with van der Waals surface area (Å²) in [5.74, 6) is -0.453. The number of rotatable bonds is 0. The minimum absolute atomic E-state index is 0.203. The third-order valence-corrected chi connectivity index (χ3v) is 4.69. The summed E-state index contributed by atoms with van der Waals surface area (Å²) in [6.45, 7) is 6.69. The smallest absolute Gasteiger partial charge is 0.410 e. The van der Waals surface area contributed by atoms with E-state index in [4.69, 9.17) is 9.47 Å². The van der Waals surface area contributed by atoms with E-state index in [1.54, 1.807) is 9.80 Å². The van der Waals surface area contributed by atoms with Crippen molar-refractivity contribution in [1.29, 1.82) is 0 Å². The van der Waals surface area contributed by atoms with E-state index in [0.29, 0.717) is 25.4 Å². The van der Waals surface area contributed by atoms with Crippen LogP contribution in [0.2, 0.25) is 0 Å². The van der Waals surface area contributed by atoms with Gasteiger partial charge in [0, 0.05) is 19.6 Å². The van der Waals surface area contributed by atoms with Gasteiger partial charge in [0.2, 0.25) is 0 Å². The van der Waals surface area contributed by atoms with Crippen LogP contribution in [0.25, 0.3) is 0 Å².